The van der Waals surface area contributed by atoms with Crippen molar-refractivity contribution in [2.75, 3.05) is 5.73 Å². The van der Waals surface area contributed by atoms with Gasteiger partial charge in [0.15, 0.2) is 11.6 Å². The Balaban J connectivity index is 3.43. The molecule has 0 radical (unpaired) electrons. The lowest BCUT2D eigenvalue weighted by Gasteiger charge is -2.11. The third-order valence-corrected chi connectivity index (χ3v) is 1.44. The third kappa shape index (κ3) is 1.66. The zero-order valence-corrected chi connectivity index (χ0v) is 6.19. The van der Waals surface area contributed by atoms with Gasteiger partial charge in [0, 0.05) is 5.69 Å². The minimum absolute atomic E-state index is 0.747. The SMILES string of the molecule is Nc1ccc(O)c(F)c1C(F)(F)F. The summed E-state index contributed by atoms with van der Waals surface area (Å²) in [6, 6.07) is 1.56. The molecule has 0 spiro atoms. The monoisotopic (exact) mass is 195 g/mol. The minimum atomic E-state index is -4.90. The van der Waals surface area contributed by atoms with E-state index < -0.39 is 29.0 Å². The first-order valence-electron chi connectivity index (χ1n) is 3.18. The van der Waals surface area contributed by atoms with Crippen LogP contribution in [0.1, 0.15) is 5.56 Å². The van der Waals surface area contributed by atoms with Crippen LogP contribution in [0.3, 0.4) is 0 Å². The summed E-state index contributed by atoms with van der Waals surface area (Å²) in [5.74, 6) is -2.81. The van der Waals surface area contributed by atoms with E-state index in [2.05, 4.69) is 0 Å². The van der Waals surface area contributed by atoms with Crippen molar-refractivity contribution in [3.63, 3.8) is 0 Å². The number of hydrogen-bond acceptors (Lipinski definition) is 2. The molecule has 0 amide bonds. The molecule has 0 bridgehead atoms. The number of aromatic hydroxyl groups is 1. The average Bonchev–Trinajstić information content (AvgIpc) is 1.95. The number of rotatable bonds is 0. The summed E-state index contributed by atoms with van der Waals surface area (Å²) < 4.78 is 48.9. The molecule has 0 atom stereocenters. The number of alkyl halides is 3. The first kappa shape index (κ1) is 9.63. The maximum Gasteiger partial charge on any atom is 0.421 e. The maximum atomic E-state index is 12.7. The quantitative estimate of drug-likeness (QED) is 0.378. The molecule has 0 aromatic heterocycles. The molecular weight excluding hydrogens is 190 g/mol. The second-order valence-electron chi connectivity index (χ2n) is 2.36. The predicted molar refractivity (Wildman–Crippen MR) is 37.5 cm³/mol. The minimum Gasteiger partial charge on any atom is -0.505 e. The fourth-order valence-electron chi connectivity index (χ4n) is 0.868. The van der Waals surface area contributed by atoms with E-state index in [1.54, 1.807) is 0 Å². The zero-order chi connectivity index (χ0) is 10.2. The molecule has 0 saturated heterocycles. The fourth-order valence-corrected chi connectivity index (χ4v) is 0.868. The summed E-state index contributed by atoms with van der Waals surface area (Å²) in [4.78, 5) is 0. The van der Waals surface area contributed by atoms with Crippen molar-refractivity contribution in [3.8, 4) is 5.75 Å². The van der Waals surface area contributed by atoms with Gasteiger partial charge in [0.25, 0.3) is 0 Å². The molecule has 1 rings (SSSR count). The van der Waals surface area contributed by atoms with Gasteiger partial charge in [0.05, 0.1) is 0 Å². The highest BCUT2D eigenvalue weighted by Gasteiger charge is 2.37. The molecule has 2 nitrogen and oxygen atoms in total. The third-order valence-electron chi connectivity index (χ3n) is 1.44. The summed E-state index contributed by atoms with van der Waals surface area (Å²) in [7, 11) is 0. The van der Waals surface area contributed by atoms with Crippen LogP contribution in [0.4, 0.5) is 23.2 Å². The molecule has 6 heteroatoms. The van der Waals surface area contributed by atoms with E-state index >= 15 is 0 Å². The lowest BCUT2D eigenvalue weighted by atomic mass is 10.1. The second kappa shape index (κ2) is 2.79. The van der Waals surface area contributed by atoms with Crippen molar-refractivity contribution in [2.45, 2.75) is 6.18 Å². The number of phenols is 1. The first-order valence-corrected chi connectivity index (χ1v) is 3.18. The molecular formula is C7H5F4NO. The molecule has 0 heterocycles. The van der Waals surface area contributed by atoms with E-state index in [0.29, 0.717) is 0 Å². The van der Waals surface area contributed by atoms with Gasteiger partial charge in [-0.25, -0.2) is 4.39 Å². The number of hydrogen-bond donors (Lipinski definition) is 2. The highest BCUT2D eigenvalue weighted by molar-refractivity contribution is 5.52. The average molecular weight is 195 g/mol. The molecule has 3 N–H and O–H groups in total. The molecule has 0 fully saturated rings. The van der Waals surface area contributed by atoms with E-state index in [1.165, 1.54) is 0 Å². The van der Waals surface area contributed by atoms with Crippen LogP contribution >= 0.6 is 0 Å². The van der Waals surface area contributed by atoms with Gasteiger partial charge in [0.1, 0.15) is 5.56 Å². The van der Waals surface area contributed by atoms with Crippen LogP contribution in [0.5, 0.6) is 5.75 Å². The van der Waals surface area contributed by atoms with Gasteiger partial charge in [-0.1, -0.05) is 0 Å². The van der Waals surface area contributed by atoms with Gasteiger partial charge < -0.3 is 10.8 Å². The topological polar surface area (TPSA) is 46.2 Å². The number of nitrogen functional groups attached to an aromatic ring is 1. The zero-order valence-electron chi connectivity index (χ0n) is 6.19. The number of phenolic OH excluding ortho intramolecular Hbond substituents is 1. The summed E-state index contributed by atoms with van der Waals surface area (Å²) >= 11 is 0. The summed E-state index contributed by atoms with van der Waals surface area (Å²) in [5, 5.41) is 8.66. The van der Waals surface area contributed by atoms with Gasteiger partial charge in [-0.2, -0.15) is 13.2 Å². The van der Waals surface area contributed by atoms with Crippen molar-refractivity contribution >= 4 is 5.69 Å². The number of benzene rings is 1. The van der Waals surface area contributed by atoms with Gasteiger partial charge >= 0.3 is 6.18 Å². The van der Waals surface area contributed by atoms with Crippen LogP contribution in [-0.4, -0.2) is 5.11 Å². The van der Waals surface area contributed by atoms with E-state index in [9.17, 15) is 17.6 Å². The molecule has 1 aromatic rings. The summed E-state index contributed by atoms with van der Waals surface area (Å²) in [6.45, 7) is 0. The number of halogens is 4. The Morgan fingerprint density at radius 2 is 1.77 bits per heavy atom. The van der Waals surface area contributed by atoms with E-state index in [-0.39, 0.29) is 0 Å². The van der Waals surface area contributed by atoms with Gasteiger partial charge in [-0.3, -0.25) is 0 Å². The van der Waals surface area contributed by atoms with Crippen molar-refractivity contribution < 1.29 is 22.7 Å². The molecule has 0 aliphatic carbocycles. The van der Waals surface area contributed by atoms with E-state index in [1.807, 2.05) is 0 Å². The number of anilines is 1. The van der Waals surface area contributed by atoms with Crippen molar-refractivity contribution in [1.82, 2.24) is 0 Å². The Bertz CT molecular complexity index is 334. The Morgan fingerprint density at radius 1 is 1.23 bits per heavy atom. The van der Waals surface area contributed by atoms with Crippen molar-refractivity contribution in [3.05, 3.63) is 23.5 Å². The standard InChI is InChI=1S/C7H5F4NO/c8-6-4(13)2-1-3(12)5(6)7(9,10)11/h1-2,13H,12H2. The molecule has 0 unspecified atom stereocenters. The highest BCUT2D eigenvalue weighted by atomic mass is 19.4. The van der Waals surface area contributed by atoms with E-state index in [0.717, 1.165) is 12.1 Å². The Morgan fingerprint density at radius 3 is 2.15 bits per heavy atom. The molecule has 72 valence electrons. The van der Waals surface area contributed by atoms with Gasteiger partial charge in [0.2, 0.25) is 0 Å². The first-order chi connectivity index (χ1) is 5.84. The Kier molecular flexibility index (Phi) is 2.07. The lowest BCUT2D eigenvalue weighted by Crippen LogP contribution is -2.11. The molecule has 13 heavy (non-hydrogen) atoms. The Hall–Kier alpha value is -1.46. The fraction of sp³-hybridized carbons (Fsp3) is 0.143. The molecule has 0 saturated carbocycles. The van der Waals surface area contributed by atoms with Crippen LogP contribution in [-0.2, 0) is 6.18 Å². The number of nitrogens with two attached hydrogens (primary N) is 1. The van der Waals surface area contributed by atoms with Gasteiger partial charge in [-0.05, 0) is 12.1 Å². The van der Waals surface area contributed by atoms with E-state index in [4.69, 9.17) is 10.8 Å². The largest absolute Gasteiger partial charge is 0.505 e. The lowest BCUT2D eigenvalue weighted by molar-refractivity contribution is -0.139. The Labute approximate surface area is 70.6 Å². The highest BCUT2D eigenvalue weighted by Crippen LogP contribution is 2.38. The normalized spacial score (nSPS) is 11.7. The van der Waals surface area contributed by atoms with Crippen LogP contribution in [0.2, 0.25) is 0 Å². The van der Waals surface area contributed by atoms with Crippen LogP contribution in [0.25, 0.3) is 0 Å². The van der Waals surface area contributed by atoms with Crippen LogP contribution in [0, 0.1) is 5.82 Å². The molecule has 0 aliphatic heterocycles. The smallest absolute Gasteiger partial charge is 0.421 e. The summed E-state index contributed by atoms with van der Waals surface area (Å²) in [5.41, 5.74) is 2.53. The summed E-state index contributed by atoms with van der Waals surface area (Å²) in [6.07, 6.45) is -4.90. The van der Waals surface area contributed by atoms with Crippen molar-refractivity contribution in [1.29, 1.82) is 0 Å². The maximum absolute atomic E-state index is 12.7. The van der Waals surface area contributed by atoms with Gasteiger partial charge in [-0.15, -0.1) is 0 Å². The molecule has 1 aromatic carbocycles. The van der Waals surface area contributed by atoms with Crippen LogP contribution in [0.15, 0.2) is 12.1 Å². The molecule has 0 aliphatic rings. The van der Waals surface area contributed by atoms with Crippen molar-refractivity contribution in [2.24, 2.45) is 0 Å². The second-order valence-corrected chi connectivity index (χ2v) is 2.36. The predicted octanol–water partition coefficient (Wildman–Crippen LogP) is 2.13. The van der Waals surface area contributed by atoms with Crippen LogP contribution < -0.4 is 5.73 Å².